The first-order valence-corrected chi connectivity index (χ1v) is 11.1. The molecule has 1 unspecified atom stereocenters. The van der Waals surface area contributed by atoms with E-state index in [1.54, 1.807) is 42.6 Å². The van der Waals surface area contributed by atoms with Crippen LogP contribution in [0.2, 0.25) is 0 Å². The smallest absolute Gasteiger partial charge is 0.256 e. The summed E-state index contributed by atoms with van der Waals surface area (Å²) < 4.78 is 16.7. The lowest BCUT2D eigenvalue weighted by Gasteiger charge is -2.23. The molecule has 1 aliphatic rings. The van der Waals surface area contributed by atoms with E-state index in [2.05, 4.69) is 20.3 Å². The zero-order valence-corrected chi connectivity index (χ0v) is 18.9. The van der Waals surface area contributed by atoms with Crippen LogP contribution in [0.4, 0.5) is 0 Å². The number of nitrogens with zero attached hydrogens (tertiary/aromatic N) is 6. The van der Waals surface area contributed by atoms with Crippen molar-refractivity contribution in [1.82, 2.24) is 30.0 Å². The first-order chi connectivity index (χ1) is 16.7. The summed E-state index contributed by atoms with van der Waals surface area (Å²) in [5, 5.41) is 12.6. The van der Waals surface area contributed by atoms with Crippen LogP contribution in [0.3, 0.4) is 0 Å². The van der Waals surface area contributed by atoms with Crippen molar-refractivity contribution in [2.45, 2.75) is 25.8 Å². The maximum Gasteiger partial charge on any atom is 0.256 e. The zero-order valence-electron chi connectivity index (χ0n) is 18.9. The van der Waals surface area contributed by atoms with Crippen molar-refractivity contribution < 1.29 is 18.8 Å². The van der Waals surface area contributed by atoms with Gasteiger partial charge in [-0.25, -0.2) is 0 Å². The van der Waals surface area contributed by atoms with Crippen molar-refractivity contribution in [3.63, 3.8) is 0 Å². The standard InChI is InChI=1S/C24H24N6O4/c1-3-33-21-9-5-4-7-17(21)22-27-23(34-28-22)20-8-6-14-29(20)24(31)18-15-16(32-2)10-11-19(18)30-25-12-13-26-30/h4-5,7,9-13,15,20H,3,6,8,14H2,1-2H3. The summed E-state index contributed by atoms with van der Waals surface area (Å²) in [5.41, 5.74) is 1.75. The molecule has 0 radical (unpaired) electrons. The van der Waals surface area contributed by atoms with E-state index in [-0.39, 0.29) is 11.9 Å². The van der Waals surface area contributed by atoms with Crippen LogP contribution < -0.4 is 9.47 Å². The molecule has 174 valence electrons. The minimum atomic E-state index is -0.336. The Balaban J connectivity index is 1.47. The van der Waals surface area contributed by atoms with Crippen molar-refractivity contribution in [2.24, 2.45) is 0 Å². The monoisotopic (exact) mass is 460 g/mol. The van der Waals surface area contributed by atoms with Gasteiger partial charge in [0.1, 0.15) is 17.5 Å². The number of ether oxygens (including phenoxy) is 2. The molecule has 5 rings (SSSR count). The molecule has 0 saturated carbocycles. The van der Waals surface area contributed by atoms with Crippen molar-refractivity contribution in [1.29, 1.82) is 0 Å². The van der Waals surface area contributed by atoms with E-state index in [1.807, 2.05) is 31.2 Å². The number of rotatable bonds is 7. The van der Waals surface area contributed by atoms with Gasteiger partial charge in [-0.05, 0) is 50.1 Å². The van der Waals surface area contributed by atoms with Crippen LogP contribution in [-0.2, 0) is 0 Å². The number of aromatic nitrogens is 5. The predicted octanol–water partition coefficient (Wildman–Crippen LogP) is 3.70. The summed E-state index contributed by atoms with van der Waals surface area (Å²) in [6, 6.07) is 12.5. The van der Waals surface area contributed by atoms with E-state index in [0.717, 1.165) is 18.4 Å². The highest BCUT2D eigenvalue weighted by atomic mass is 16.5. The number of benzene rings is 2. The maximum absolute atomic E-state index is 13.7. The molecule has 0 aliphatic carbocycles. The van der Waals surface area contributed by atoms with Crippen molar-refractivity contribution in [3.05, 3.63) is 66.3 Å². The second-order valence-electron chi connectivity index (χ2n) is 7.74. The predicted molar refractivity (Wildman–Crippen MR) is 122 cm³/mol. The minimum Gasteiger partial charge on any atom is -0.497 e. The number of carbonyl (C=O) groups excluding carboxylic acids is 1. The average molecular weight is 460 g/mol. The fourth-order valence-electron chi connectivity index (χ4n) is 4.16. The normalized spacial score (nSPS) is 15.5. The molecule has 3 heterocycles. The molecule has 1 fully saturated rings. The van der Waals surface area contributed by atoms with E-state index in [4.69, 9.17) is 14.0 Å². The van der Waals surface area contributed by atoms with Gasteiger partial charge in [-0.15, -0.1) is 0 Å². The third-order valence-corrected chi connectivity index (χ3v) is 5.74. The highest BCUT2D eigenvalue weighted by Crippen LogP contribution is 2.36. The Hall–Kier alpha value is -4.21. The van der Waals surface area contributed by atoms with Gasteiger partial charge in [-0.1, -0.05) is 17.3 Å². The number of likely N-dealkylation sites (tertiary alicyclic amines) is 1. The van der Waals surface area contributed by atoms with Gasteiger partial charge in [0.25, 0.3) is 5.91 Å². The van der Waals surface area contributed by atoms with E-state index in [9.17, 15) is 4.79 Å². The highest BCUT2D eigenvalue weighted by molar-refractivity contribution is 5.98. The number of hydrogen-bond acceptors (Lipinski definition) is 8. The van der Waals surface area contributed by atoms with Crippen LogP contribution in [0.15, 0.2) is 59.4 Å². The Bertz CT molecular complexity index is 1290. The molecular weight excluding hydrogens is 436 g/mol. The van der Waals surface area contributed by atoms with Crippen LogP contribution in [0, 0.1) is 0 Å². The van der Waals surface area contributed by atoms with Gasteiger partial charge in [0.15, 0.2) is 0 Å². The summed E-state index contributed by atoms with van der Waals surface area (Å²) in [4.78, 5) is 21.5. The lowest BCUT2D eigenvalue weighted by molar-refractivity contribution is 0.0709. The van der Waals surface area contributed by atoms with Gasteiger partial charge in [0, 0.05) is 6.54 Å². The molecule has 0 bridgehead atoms. The lowest BCUT2D eigenvalue weighted by Crippen LogP contribution is -2.31. The topological polar surface area (TPSA) is 108 Å². The van der Waals surface area contributed by atoms with Crippen LogP contribution in [0.5, 0.6) is 11.5 Å². The largest absolute Gasteiger partial charge is 0.497 e. The molecule has 1 aliphatic heterocycles. The maximum atomic E-state index is 13.7. The van der Waals surface area contributed by atoms with Crippen molar-refractivity contribution in [2.75, 3.05) is 20.3 Å². The lowest BCUT2D eigenvalue weighted by atomic mass is 10.1. The Labute approximate surface area is 196 Å². The number of para-hydroxylation sites is 1. The molecule has 0 spiro atoms. The summed E-state index contributed by atoms with van der Waals surface area (Å²) in [7, 11) is 1.56. The molecule has 2 aromatic carbocycles. The highest BCUT2D eigenvalue weighted by Gasteiger charge is 2.36. The van der Waals surface area contributed by atoms with Gasteiger partial charge in [-0.3, -0.25) is 4.79 Å². The van der Waals surface area contributed by atoms with Crippen LogP contribution in [0.25, 0.3) is 17.1 Å². The van der Waals surface area contributed by atoms with Gasteiger partial charge < -0.3 is 18.9 Å². The Kier molecular flexibility index (Phi) is 5.94. The van der Waals surface area contributed by atoms with E-state index in [0.29, 0.717) is 47.6 Å². The second-order valence-corrected chi connectivity index (χ2v) is 7.74. The third kappa shape index (κ3) is 3.98. The molecule has 4 aromatic rings. The molecule has 10 heteroatoms. The minimum absolute atomic E-state index is 0.178. The van der Waals surface area contributed by atoms with E-state index in [1.165, 1.54) is 4.80 Å². The van der Waals surface area contributed by atoms with E-state index < -0.39 is 0 Å². The van der Waals surface area contributed by atoms with Crippen LogP contribution in [0.1, 0.15) is 42.1 Å². The van der Waals surface area contributed by atoms with Gasteiger partial charge >= 0.3 is 0 Å². The Morgan fingerprint density at radius 1 is 1.18 bits per heavy atom. The number of amides is 1. The molecule has 1 saturated heterocycles. The molecule has 1 atom stereocenters. The first kappa shape index (κ1) is 21.6. The number of hydrogen-bond donors (Lipinski definition) is 0. The van der Waals surface area contributed by atoms with Gasteiger partial charge in [0.2, 0.25) is 11.7 Å². The summed E-state index contributed by atoms with van der Waals surface area (Å²) >= 11 is 0. The van der Waals surface area contributed by atoms with Crippen LogP contribution in [-0.4, -0.2) is 56.2 Å². The fourth-order valence-corrected chi connectivity index (χ4v) is 4.16. The molecule has 34 heavy (non-hydrogen) atoms. The fraction of sp³-hybridized carbons (Fsp3) is 0.292. The first-order valence-electron chi connectivity index (χ1n) is 11.1. The Morgan fingerprint density at radius 3 is 2.79 bits per heavy atom. The molecular formula is C24H24N6O4. The summed E-state index contributed by atoms with van der Waals surface area (Å²) in [6.07, 6.45) is 4.68. The average Bonchev–Trinajstić information content (AvgIpc) is 3.65. The van der Waals surface area contributed by atoms with Crippen LogP contribution >= 0.6 is 0 Å². The third-order valence-electron chi connectivity index (χ3n) is 5.74. The van der Waals surface area contributed by atoms with Gasteiger partial charge in [-0.2, -0.15) is 20.0 Å². The number of carbonyl (C=O) groups is 1. The van der Waals surface area contributed by atoms with Crippen molar-refractivity contribution >= 4 is 5.91 Å². The second kappa shape index (κ2) is 9.34. The molecule has 0 N–H and O–H groups in total. The van der Waals surface area contributed by atoms with Gasteiger partial charge in [0.05, 0.1) is 42.9 Å². The molecule has 2 aromatic heterocycles. The molecule has 10 nitrogen and oxygen atoms in total. The van der Waals surface area contributed by atoms with Crippen molar-refractivity contribution in [3.8, 4) is 28.6 Å². The zero-order chi connectivity index (χ0) is 23.5. The Morgan fingerprint density at radius 2 is 2.00 bits per heavy atom. The SMILES string of the molecule is CCOc1ccccc1-c1noc(C2CCCN2C(=O)c2cc(OC)ccc2-n2nccn2)n1. The van der Waals surface area contributed by atoms with E-state index >= 15 is 0 Å². The molecule has 1 amide bonds. The summed E-state index contributed by atoms with van der Waals surface area (Å²) in [5.74, 6) is 1.91. The number of methoxy groups -OCH3 is 1. The summed E-state index contributed by atoms with van der Waals surface area (Å²) in [6.45, 7) is 3.02. The quantitative estimate of drug-likeness (QED) is 0.411.